The average molecular weight is 281 g/mol. The van der Waals surface area contributed by atoms with E-state index in [2.05, 4.69) is 0 Å². The Balaban J connectivity index is 1.81. The fourth-order valence-electron chi connectivity index (χ4n) is 2.28. The van der Waals surface area contributed by atoms with Gasteiger partial charge in [-0.05, 0) is 29.1 Å². The smallest absolute Gasteiger partial charge is 0.323 e. The number of fused-ring (bicyclic) bond motifs is 1. The average Bonchev–Trinajstić information content (AvgIpc) is 2.88. The van der Waals surface area contributed by atoms with Gasteiger partial charge in [-0.15, -0.1) is 0 Å². The molecule has 3 rings (SSSR count). The standard InChI is InChI=1S/C17H15NO3/c19-17(20)11-18-9-8-14-6-7-15(10-16(14)18)21-12-13-4-2-1-3-5-13/h1-10H,11-12H2,(H,19,20). The van der Waals surface area contributed by atoms with Crippen molar-refractivity contribution in [1.29, 1.82) is 0 Å². The summed E-state index contributed by atoms with van der Waals surface area (Å²) in [5, 5.41) is 9.92. The molecule has 1 N–H and O–H groups in total. The second-order valence-corrected chi connectivity index (χ2v) is 4.83. The molecule has 0 aliphatic carbocycles. The number of carboxylic acids is 1. The summed E-state index contributed by atoms with van der Waals surface area (Å²) in [7, 11) is 0. The summed E-state index contributed by atoms with van der Waals surface area (Å²) >= 11 is 0. The van der Waals surface area contributed by atoms with Crippen molar-refractivity contribution >= 4 is 16.9 Å². The highest BCUT2D eigenvalue weighted by Crippen LogP contribution is 2.22. The zero-order valence-electron chi connectivity index (χ0n) is 11.4. The van der Waals surface area contributed by atoms with Gasteiger partial charge in [0, 0.05) is 12.3 Å². The Labute approximate surface area is 122 Å². The van der Waals surface area contributed by atoms with E-state index in [0.29, 0.717) is 6.61 Å². The van der Waals surface area contributed by atoms with Crippen LogP contribution in [0.3, 0.4) is 0 Å². The number of hydrogen-bond donors (Lipinski definition) is 1. The van der Waals surface area contributed by atoms with E-state index in [0.717, 1.165) is 22.2 Å². The van der Waals surface area contributed by atoms with Gasteiger partial charge in [-0.3, -0.25) is 4.79 Å². The maximum atomic E-state index is 10.9. The molecule has 106 valence electrons. The molecule has 4 heteroatoms. The highest BCUT2D eigenvalue weighted by Gasteiger charge is 2.06. The van der Waals surface area contributed by atoms with Gasteiger partial charge in [0.25, 0.3) is 0 Å². The Morgan fingerprint density at radius 3 is 2.67 bits per heavy atom. The minimum atomic E-state index is -0.858. The van der Waals surface area contributed by atoms with E-state index in [-0.39, 0.29) is 6.54 Å². The molecular formula is C17H15NO3. The lowest BCUT2D eigenvalue weighted by atomic mass is 10.2. The van der Waals surface area contributed by atoms with Crippen LogP contribution in [0.25, 0.3) is 10.9 Å². The molecule has 0 radical (unpaired) electrons. The van der Waals surface area contributed by atoms with E-state index in [4.69, 9.17) is 9.84 Å². The third-order valence-corrected chi connectivity index (χ3v) is 3.30. The van der Waals surface area contributed by atoms with E-state index in [1.165, 1.54) is 0 Å². The molecule has 0 fully saturated rings. The van der Waals surface area contributed by atoms with Gasteiger partial charge < -0.3 is 14.4 Å². The monoisotopic (exact) mass is 281 g/mol. The molecule has 0 amide bonds. The normalized spacial score (nSPS) is 10.7. The Kier molecular flexibility index (Phi) is 3.60. The van der Waals surface area contributed by atoms with Crippen molar-refractivity contribution < 1.29 is 14.6 Å². The van der Waals surface area contributed by atoms with Gasteiger partial charge in [-0.25, -0.2) is 0 Å². The number of carboxylic acid groups (broad SMARTS) is 1. The first-order valence-corrected chi connectivity index (χ1v) is 6.70. The predicted octanol–water partition coefficient (Wildman–Crippen LogP) is 3.30. The summed E-state index contributed by atoms with van der Waals surface area (Å²) < 4.78 is 7.47. The summed E-state index contributed by atoms with van der Waals surface area (Å²) in [6.07, 6.45) is 1.78. The highest BCUT2D eigenvalue weighted by atomic mass is 16.5. The zero-order valence-corrected chi connectivity index (χ0v) is 11.4. The molecule has 0 unspecified atom stereocenters. The van der Waals surface area contributed by atoms with E-state index in [1.807, 2.05) is 54.6 Å². The van der Waals surface area contributed by atoms with Crippen LogP contribution in [-0.2, 0) is 17.9 Å². The fraction of sp³-hybridized carbons (Fsp3) is 0.118. The molecule has 0 atom stereocenters. The lowest BCUT2D eigenvalue weighted by Crippen LogP contribution is -2.07. The number of rotatable bonds is 5. The lowest BCUT2D eigenvalue weighted by Gasteiger charge is -2.08. The zero-order chi connectivity index (χ0) is 14.7. The van der Waals surface area contributed by atoms with Crippen LogP contribution in [0.2, 0.25) is 0 Å². The van der Waals surface area contributed by atoms with Crippen LogP contribution < -0.4 is 4.74 Å². The number of carbonyl (C=O) groups is 1. The van der Waals surface area contributed by atoms with Crippen molar-refractivity contribution in [2.45, 2.75) is 13.2 Å². The first kappa shape index (κ1) is 13.2. The van der Waals surface area contributed by atoms with Gasteiger partial charge in [-0.1, -0.05) is 30.3 Å². The van der Waals surface area contributed by atoms with Crippen LogP contribution in [0.1, 0.15) is 5.56 Å². The number of aliphatic carboxylic acids is 1. The van der Waals surface area contributed by atoms with Gasteiger partial charge in [0.1, 0.15) is 18.9 Å². The molecule has 0 aliphatic heterocycles. The van der Waals surface area contributed by atoms with Gasteiger partial charge >= 0.3 is 5.97 Å². The van der Waals surface area contributed by atoms with E-state index in [1.54, 1.807) is 10.8 Å². The van der Waals surface area contributed by atoms with Gasteiger partial charge in [0.05, 0.1) is 5.52 Å². The molecule has 0 saturated carbocycles. The molecule has 0 spiro atoms. The Morgan fingerprint density at radius 2 is 1.90 bits per heavy atom. The summed E-state index contributed by atoms with van der Waals surface area (Å²) in [6.45, 7) is 0.442. The minimum absolute atomic E-state index is 0.0500. The summed E-state index contributed by atoms with van der Waals surface area (Å²) in [6, 6.07) is 17.5. The third kappa shape index (κ3) is 3.05. The quantitative estimate of drug-likeness (QED) is 0.780. The number of ether oxygens (including phenoxy) is 1. The van der Waals surface area contributed by atoms with Gasteiger partial charge in [0.2, 0.25) is 0 Å². The summed E-state index contributed by atoms with van der Waals surface area (Å²) in [4.78, 5) is 10.9. The third-order valence-electron chi connectivity index (χ3n) is 3.30. The molecule has 0 saturated heterocycles. The van der Waals surface area contributed by atoms with Crippen molar-refractivity contribution in [1.82, 2.24) is 4.57 Å². The molecule has 4 nitrogen and oxygen atoms in total. The second kappa shape index (κ2) is 5.71. The number of hydrogen-bond acceptors (Lipinski definition) is 2. The van der Waals surface area contributed by atoms with E-state index >= 15 is 0 Å². The predicted molar refractivity (Wildman–Crippen MR) is 80.3 cm³/mol. The van der Waals surface area contributed by atoms with E-state index < -0.39 is 5.97 Å². The Hall–Kier alpha value is -2.75. The molecular weight excluding hydrogens is 266 g/mol. The maximum absolute atomic E-state index is 10.9. The van der Waals surface area contributed by atoms with Crippen molar-refractivity contribution in [2.24, 2.45) is 0 Å². The molecule has 0 bridgehead atoms. The van der Waals surface area contributed by atoms with Crippen molar-refractivity contribution in [3.63, 3.8) is 0 Å². The summed E-state index contributed by atoms with van der Waals surface area (Å²) in [5.41, 5.74) is 1.96. The van der Waals surface area contributed by atoms with Crippen LogP contribution >= 0.6 is 0 Å². The summed E-state index contributed by atoms with van der Waals surface area (Å²) in [5.74, 6) is -0.125. The number of benzene rings is 2. The largest absolute Gasteiger partial charge is 0.489 e. The topological polar surface area (TPSA) is 51.5 Å². The molecule has 0 aliphatic rings. The Bertz CT molecular complexity index is 762. The highest BCUT2D eigenvalue weighted by molar-refractivity contribution is 5.83. The number of aromatic nitrogens is 1. The maximum Gasteiger partial charge on any atom is 0.323 e. The van der Waals surface area contributed by atoms with Crippen LogP contribution in [0, 0.1) is 0 Å². The first-order valence-electron chi connectivity index (χ1n) is 6.70. The first-order chi connectivity index (χ1) is 10.2. The van der Waals surface area contributed by atoms with Crippen molar-refractivity contribution in [2.75, 3.05) is 0 Å². The number of nitrogens with zero attached hydrogens (tertiary/aromatic N) is 1. The SMILES string of the molecule is O=C(O)Cn1ccc2ccc(OCc3ccccc3)cc21. The van der Waals surface area contributed by atoms with Crippen LogP contribution in [0.15, 0.2) is 60.8 Å². The van der Waals surface area contributed by atoms with Crippen LogP contribution in [0.4, 0.5) is 0 Å². The van der Waals surface area contributed by atoms with Crippen molar-refractivity contribution in [3.8, 4) is 5.75 Å². The van der Waals surface area contributed by atoms with Crippen molar-refractivity contribution in [3.05, 3.63) is 66.4 Å². The molecule has 2 aromatic carbocycles. The van der Waals surface area contributed by atoms with Gasteiger partial charge in [0.15, 0.2) is 0 Å². The van der Waals surface area contributed by atoms with Gasteiger partial charge in [-0.2, -0.15) is 0 Å². The van der Waals surface area contributed by atoms with Crippen LogP contribution in [0.5, 0.6) is 5.75 Å². The van der Waals surface area contributed by atoms with E-state index in [9.17, 15) is 4.79 Å². The molecule has 21 heavy (non-hydrogen) atoms. The molecule has 1 aromatic heterocycles. The Morgan fingerprint density at radius 1 is 1.10 bits per heavy atom. The second-order valence-electron chi connectivity index (χ2n) is 4.83. The minimum Gasteiger partial charge on any atom is -0.489 e. The molecule has 3 aromatic rings. The fourth-order valence-corrected chi connectivity index (χ4v) is 2.28. The lowest BCUT2D eigenvalue weighted by molar-refractivity contribution is -0.137. The molecule has 1 heterocycles. The van der Waals surface area contributed by atoms with Crippen LogP contribution in [-0.4, -0.2) is 15.6 Å².